The number of methoxy groups -OCH3 is 1. The van der Waals surface area contributed by atoms with Crippen molar-refractivity contribution in [2.24, 2.45) is 0 Å². The molecule has 1 aliphatic heterocycles. The highest BCUT2D eigenvalue weighted by molar-refractivity contribution is 7.98. The average molecular weight is 623 g/mol. The van der Waals surface area contributed by atoms with Crippen molar-refractivity contribution in [2.75, 3.05) is 32.7 Å². The van der Waals surface area contributed by atoms with Crippen LogP contribution in [0.4, 0.5) is 10.6 Å². The highest BCUT2D eigenvalue weighted by Crippen LogP contribution is 2.32. The summed E-state index contributed by atoms with van der Waals surface area (Å²) < 4.78 is 15.5. The number of nitrogens with zero attached hydrogens (tertiary/aromatic N) is 5. The van der Waals surface area contributed by atoms with Crippen molar-refractivity contribution in [3.63, 3.8) is 0 Å². The lowest BCUT2D eigenvalue weighted by atomic mass is 10.0. The monoisotopic (exact) mass is 622 g/mol. The zero-order valence-corrected chi connectivity index (χ0v) is 25.1. The van der Waals surface area contributed by atoms with E-state index in [1.807, 2.05) is 44.4 Å². The number of amides is 3. The molecule has 2 aromatic carbocycles. The molecule has 1 saturated heterocycles. The third-order valence-corrected chi connectivity index (χ3v) is 7.92. The first kappa shape index (κ1) is 31.0. The second-order valence-electron chi connectivity index (χ2n) is 10.3. The lowest BCUT2D eigenvalue weighted by molar-refractivity contribution is -0.124. The Hall–Kier alpha value is -4.44. The van der Waals surface area contributed by atoms with Gasteiger partial charge in [0.15, 0.2) is 23.2 Å². The number of hydrogen-bond donors (Lipinski definition) is 5. The van der Waals surface area contributed by atoms with Crippen molar-refractivity contribution in [2.45, 2.75) is 41.8 Å². The maximum atomic E-state index is 13.7. The number of carbonyl (C=O) groups is 2. The van der Waals surface area contributed by atoms with E-state index >= 15 is 0 Å². The summed E-state index contributed by atoms with van der Waals surface area (Å²) in [5.74, 6) is 0.666. The Kier molecular flexibility index (Phi) is 9.79. The van der Waals surface area contributed by atoms with Crippen LogP contribution in [0.25, 0.3) is 11.2 Å². The van der Waals surface area contributed by atoms with Crippen molar-refractivity contribution < 1.29 is 29.3 Å². The van der Waals surface area contributed by atoms with E-state index in [1.54, 1.807) is 40.8 Å². The molecule has 0 saturated carbocycles. The molecule has 3 heterocycles. The number of urea groups is 1. The first-order valence-electron chi connectivity index (χ1n) is 13.8. The summed E-state index contributed by atoms with van der Waals surface area (Å²) in [4.78, 5) is 42.1. The summed E-state index contributed by atoms with van der Waals surface area (Å²) in [6.07, 6.45) is -0.234. The molecule has 5 atom stereocenters. The molecule has 0 bridgehead atoms. The molecule has 1 fully saturated rings. The number of carbonyl (C=O) groups excluding carboxylic acids is 2. The zero-order chi connectivity index (χ0) is 31.2. The standard InChI is InChI=1S/C29H34N8O6S/c1-36(2)25-23-26(31-15-30-25)37(16-32-23)28-24(39)22(21(14-38)43-28)34-27(40)20(13-17-9-11-18(42-3)12-10-17)33-29(41)35-44-19-7-5-4-6-8-19/h4-12,15-16,20-22,24,28,38-39H,13-14H2,1-3H3,(H,34,40)(H2,33,35,41)/t20-,21+,22-,24+,28+/m1/s1. The zero-order valence-electron chi connectivity index (χ0n) is 24.3. The molecule has 0 aliphatic carbocycles. The molecule has 2 aromatic heterocycles. The summed E-state index contributed by atoms with van der Waals surface area (Å²) in [7, 11) is 5.21. The van der Waals surface area contributed by atoms with Gasteiger partial charge in [0.25, 0.3) is 0 Å². The molecule has 5 rings (SSSR count). The Labute approximate surface area is 257 Å². The fourth-order valence-electron chi connectivity index (χ4n) is 4.91. The summed E-state index contributed by atoms with van der Waals surface area (Å²) in [6.45, 7) is -0.478. The molecule has 1 aliphatic rings. The first-order valence-corrected chi connectivity index (χ1v) is 14.6. The van der Waals surface area contributed by atoms with Crippen LogP contribution in [-0.4, -0.2) is 93.8 Å². The highest BCUT2D eigenvalue weighted by Gasteiger charge is 2.46. The van der Waals surface area contributed by atoms with Crippen molar-refractivity contribution in [1.82, 2.24) is 34.9 Å². The lowest BCUT2D eigenvalue weighted by Gasteiger charge is -2.25. The third-order valence-electron chi connectivity index (χ3n) is 7.13. The maximum Gasteiger partial charge on any atom is 0.325 e. The van der Waals surface area contributed by atoms with Crippen molar-refractivity contribution >= 4 is 40.9 Å². The summed E-state index contributed by atoms with van der Waals surface area (Å²) in [5.41, 5.74) is 1.69. The summed E-state index contributed by atoms with van der Waals surface area (Å²) in [6, 6.07) is 13.8. The van der Waals surface area contributed by atoms with Crippen LogP contribution in [0.15, 0.2) is 72.1 Å². The number of anilines is 1. The predicted octanol–water partition coefficient (Wildman–Crippen LogP) is 1.25. The number of ether oxygens (including phenoxy) is 2. The minimum atomic E-state index is -1.28. The predicted molar refractivity (Wildman–Crippen MR) is 163 cm³/mol. The Balaban J connectivity index is 1.33. The van der Waals surface area contributed by atoms with Crippen LogP contribution in [0.1, 0.15) is 11.8 Å². The van der Waals surface area contributed by atoms with Gasteiger partial charge in [-0.15, -0.1) is 0 Å². The molecular formula is C29H34N8O6S. The molecule has 5 N–H and O–H groups in total. The first-order chi connectivity index (χ1) is 21.3. The number of aliphatic hydroxyl groups is 2. The second-order valence-corrected chi connectivity index (χ2v) is 11.2. The largest absolute Gasteiger partial charge is 0.497 e. The SMILES string of the molecule is COc1ccc(C[C@@H](NC(=O)NSc2ccccc2)C(=O)N[C@H]2[C@H](O)[C@@H](n3cnc4c(N(C)C)ncnc43)O[C@H]2CO)cc1. The number of nitrogens with one attached hydrogen (secondary N) is 3. The minimum Gasteiger partial charge on any atom is -0.497 e. The van der Waals surface area contributed by atoms with Gasteiger partial charge in [-0.3, -0.25) is 14.1 Å². The maximum absolute atomic E-state index is 13.7. The Morgan fingerprint density at radius 2 is 1.86 bits per heavy atom. The lowest BCUT2D eigenvalue weighted by Crippen LogP contribution is -2.56. The van der Waals surface area contributed by atoms with E-state index in [-0.39, 0.29) is 6.42 Å². The van der Waals surface area contributed by atoms with Crippen LogP contribution >= 0.6 is 11.9 Å². The van der Waals surface area contributed by atoms with Crippen molar-refractivity contribution in [3.8, 4) is 5.75 Å². The van der Waals surface area contributed by atoms with Gasteiger partial charge in [-0.05, 0) is 41.8 Å². The number of imidazole rings is 1. The normalized spacial score (nSPS) is 20.2. The Morgan fingerprint density at radius 1 is 1.11 bits per heavy atom. The fraction of sp³-hybridized carbons (Fsp3) is 0.345. The van der Waals surface area contributed by atoms with Gasteiger partial charge in [0.1, 0.15) is 30.3 Å². The van der Waals surface area contributed by atoms with Gasteiger partial charge in [0.05, 0.1) is 26.1 Å². The van der Waals surface area contributed by atoms with Crippen molar-refractivity contribution in [1.29, 1.82) is 0 Å². The summed E-state index contributed by atoms with van der Waals surface area (Å²) >= 11 is 1.11. The van der Waals surface area contributed by atoms with E-state index in [4.69, 9.17) is 9.47 Å². The Morgan fingerprint density at radius 3 is 2.55 bits per heavy atom. The van der Waals surface area contributed by atoms with Gasteiger partial charge in [-0.2, -0.15) is 0 Å². The third kappa shape index (κ3) is 6.86. The molecule has 0 spiro atoms. The molecule has 4 aromatic rings. The smallest absolute Gasteiger partial charge is 0.325 e. The van der Waals surface area contributed by atoms with E-state index in [0.29, 0.717) is 22.7 Å². The molecule has 14 nitrogen and oxygen atoms in total. The topological polar surface area (TPSA) is 176 Å². The van der Waals surface area contributed by atoms with E-state index in [0.717, 1.165) is 22.4 Å². The fourth-order valence-corrected chi connectivity index (χ4v) is 5.48. The van der Waals surface area contributed by atoms with Gasteiger partial charge in [0.2, 0.25) is 5.91 Å². The molecule has 0 unspecified atom stereocenters. The number of fused-ring (bicyclic) bond motifs is 1. The average Bonchev–Trinajstić information content (AvgIpc) is 3.60. The van der Waals surface area contributed by atoms with E-state index in [2.05, 4.69) is 30.3 Å². The van der Waals surface area contributed by atoms with Crippen LogP contribution in [0.2, 0.25) is 0 Å². The number of aromatic nitrogens is 4. The van der Waals surface area contributed by atoms with E-state index in [9.17, 15) is 19.8 Å². The molecule has 15 heteroatoms. The van der Waals surface area contributed by atoms with Crippen LogP contribution in [0, 0.1) is 0 Å². The highest BCUT2D eigenvalue weighted by atomic mass is 32.2. The second kappa shape index (κ2) is 13.9. The number of hydrogen-bond acceptors (Lipinski definition) is 11. The van der Waals surface area contributed by atoms with Gasteiger partial charge < -0.3 is 35.2 Å². The van der Waals surface area contributed by atoms with Gasteiger partial charge >= 0.3 is 6.03 Å². The number of benzene rings is 2. The van der Waals surface area contributed by atoms with Gasteiger partial charge in [-0.1, -0.05) is 30.3 Å². The van der Waals surface area contributed by atoms with Crippen LogP contribution in [0.3, 0.4) is 0 Å². The Bertz CT molecular complexity index is 1570. The molecule has 0 radical (unpaired) electrons. The number of aliphatic hydroxyl groups excluding tert-OH is 2. The van der Waals surface area contributed by atoms with Gasteiger partial charge in [-0.25, -0.2) is 19.7 Å². The molecular weight excluding hydrogens is 588 g/mol. The van der Waals surface area contributed by atoms with Crippen LogP contribution < -0.4 is 25.0 Å². The van der Waals surface area contributed by atoms with Crippen LogP contribution in [-0.2, 0) is 16.0 Å². The minimum absolute atomic E-state index is 0.145. The molecule has 3 amide bonds. The molecule has 44 heavy (non-hydrogen) atoms. The van der Waals surface area contributed by atoms with Crippen LogP contribution in [0.5, 0.6) is 5.75 Å². The van der Waals surface area contributed by atoms with E-state index in [1.165, 1.54) is 12.7 Å². The summed E-state index contributed by atoms with van der Waals surface area (Å²) in [5, 5.41) is 27.0. The van der Waals surface area contributed by atoms with E-state index < -0.39 is 49.1 Å². The molecule has 232 valence electrons. The number of rotatable bonds is 11. The quantitative estimate of drug-likeness (QED) is 0.152. The van der Waals surface area contributed by atoms with Gasteiger partial charge in [0, 0.05) is 25.4 Å². The van der Waals surface area contributed by atoms with Crippen molar-refractivity contribution in [3.05, 3.63) is 72.8 Å².